The van der Waals surface area contributed by atoms with Crippen molar-refractivity contribution in [3.8, 4) is 0 Å². The normalized spacial score (nSPS) is 21.3. The summed E-state index contributed by atoms with van der Waals surface area (Å²) in [5.41, 5.74) is 2.69. The van der Waals surface area contributed by atoms with Crippen LogP contribution in [0.2, 0.25) is 0 Å². The lowest BCUT2D eigenvalue weighted by Gasteiger charge is -2.21. The number of likely N-dealkylation sites (tertiary alicyclic amines) is 1. The molecule has 22 heavy (non-hydrogen) atoms. The van der Waals surface area contributed by atoms with Gasteiger partial charge in [-0.2, -0.15) is 5.10 Å². The first-order chi connectivity index (χ1) is 10.6. The molecule has 0 saturated carbocycles. The van der Waals surface area contributed by atoms with Gasteiger partial charge in [0.1, 0.15) is 12.7 Å². The van der Waals surface area contributed by atoms with Crippen LogP contribution >= 0.6 is 0 Å². The number of carbonyl (C=O) groups excluding carboxylic acids is 1. The van der Waals surface area contributed by atoms with E-state index < -0.39 is 0 Å². The van der Waals surface area contributed by atoms with E-state index in [1.807, 2.05) is 4.90 Å². The molecule has 0 bridgehead atoms. The predicted molar refractivity (Wildman–Crippen MR) is 84.4 cm³/mol. The minimum Gasteiger partial charge on any atom is -0.339 e. The van der Waals surface area contributed by atoms with Crippen molar-refractivity contribution in [3.63, 3.8) is 0 Å². The highest BCUT2D eigenvalue weighted by atomic mass is 16.2. The van der Waals surface area contributed by atoms with Gasteiger partial charge in [-0.3, -0.25) is 9.48 Å². The number of aryl methyl sites for hydroxylation is 2. The number of hydrogen-bond donors (Lipinski definition) is 0. The summed E-state index contributed by atoms with van der Waals surface area (Å²) in [7, 11) is 0. The summed E-state index contributed by atoms with van der Waals surface area (Å²) >= 11 is 0. The largest absolute Gasteiger partial charge is 0.339 e. The van der Waals surface area contributed by atoms with E-state index in [1.54, 1.807) is 11.0 Å². The number of amides is 1. The highest BCUT2D eigenvalue weighted by Gasteiger charge is 2.33. The predicted octanol–water partition coefficient (Wildman–Crippen LogP) is 2.38. The van der Waals surface area contributed by atoms with Crippen LogP contribution in [0.25, 0.3) is 0 Å². The van der Waals surface area contributed by atoms with Crippen LogP contribution in [0.5, 0.6) is 0 Å². The summed E-state index contributed by atoms with van der Waals surface area (Å²) in [5, 5.41) is 4.04. The third-order valence-electron chi connectivity index (χ3n) is 4.54. The fourth-order valence-corrected chi connectivity index (χ4v) is 3.35. The van der Waals surface area contributed by atoms with Crippen molar-refractivity contribution in [2.75, 3.05) is 6.54 Å². The zero-order valence-corrected chi connectivity index (χ0v) is 13.1. The second-order valence-electron chi connectivity index (χ2n) is 6.09. The summed E-state index contributed by atoms with van der Waals surface area (Å²) < 4.78 is 1.71. The van der Waals surface area contributed by atoms with E-state index in [1.165, 1.54) is 17.5 Å². The van der Waals surface area contributed by atoms with E-state index in [-0.39, 0.29) is 5.91 Å². The Hall–Kier alpha value is -2.17. The molecular formula is C17H22N4O. The van der Waals surface area contributed by atoms with E-state index in [4.69, 9.17) is 0 Å². The Kier molecular flexibility index (Phi) is 4.22. The van der Waals surface area contributed by atoms with Gasteiger partial charge in [0.05, 0.1) is 6.54 Å². The van der Waals surface area contributed by atoms with Gasteiger partial charge in [0.25, 0.3) is 0 Å². The van der Waals surface area contributed by atoms with Crippen LogP contribution in [-0.4, -0.2) is 38.2 Å². The van der Waals surface area contributed by atoms with Crippen LogP contribution in [0.1, 0.15) is 36.8 Å². The summed E-state index contributed by atoms with van der Waals surface area (Å²) in [6.45, 7) is 5.71. The molecule has 1 aliphatic heterocycles. The van der Waals surface area contributed by atoms with E-state index >= 15 is 0 Å². The third kappa shape index (κ3) is 3.03. The number of rotatable bonds is 4. The first kappa shape index (κ1) is 14.8. The molecule has 116 valence electrons. The second kappa shape index (κ2) is 6.30. The summed E-state index contributed by atoms with van der Waals surface area (Å²) in [6, 6.07) is 8.79. The van der Waals surface area contributed by atoms with Gasteiger partial charge in [0.2, 0.25) is 5.91 Å². The van der Waals surface area contributed by atoms with Crippen LogP contribution in [0.15, 0.2) is 36.9 Å². The van der Waals surface area contributed by atoms with E-state index in [9.17, 15) is 4.79 Å². The standard InChI is InChI=1S/C17H22N4O/c1-13-5-3-4-6-16(13)15-9-14(2)21(10-15)17(22)7-8-20-12-18-11-19-20/h3-6,11-12,14-15H,7-10H2,1-2H3/t14-,15-/m1/s1. The number of benzene rings is 1. The Bertz CT molecular complexity index is 638. The maximum Gasteiger partial charge on any atom is 0.224 e. The number of hydrogen-bond acceptors (Lipinski definition) is 3. The molecule has 3 rings (SSSR count). The molecule has 2 aromatic rings. The monoisotopic (exact) mass is 298 g/mol. The molecule has 2 heterocycles. The van der Waals surface area contributed by atoms with Gasteiger partial charge in [-0.25, -0.2) is 4.98 Å². The van der Waals surface area contributed by atoms with Gasteiger partial charge in [0.15, 0.2) is 0 Å². The van der Waals surface area contributed by atoms with Gasteiger partial charge < -0.3 is 4.90 Å². The molecule has 1 aliphatic rings. The van der Waals surface area contributed by atoms with Crippen LogP contribution in [0.3, 0.4) is 0 Å². The minimum atomic E-state index is 0.207. The van der Waals surface area contributed by atoms with Gasteiger partial charge in [-0.05, 0) is 31.4 Å². The average Bonchev–Trinajstić information content (AvgIpc) is 3.15. The fraction of sp³-hybridized carbons (Fsp3) is 0.471. The fourth-order valence-electron chi connectivity index (χ4n) is 3.35. The Balaban J connectivity index is 1.63. The van der Waals surface area contributed by atoms with Crippen molar-refractivity contribution < 1.29 is 4.79 Å². The molecule has 1 aromatic heterocycles. The molecule has 0 N–H and O–H groups in total. The lowest BCUT2D eigenvalue weighted by atomic mass is 9.93. The zero-order valence-electron chi connectivity index (χ0n) is 13.1. The SMILES string of the molecule is Cc1ccccc1[C@@H]1C[C@@H](C)N(C(=O)CCn2cncn2)C1. The first-order valence-corrected chi connectivity index (χ1v) is 7.82. The highest BCUT2D eigenvalue weighted by Crippen LogP contribution is 2.33. The maximum absolute atomic E-state index is 12.5. The Morgan fingerprint density at radius 2 is 2.18 bits per heavy atom. The van der Waals surface area contributed by atoms with Crippen molar-refractivity contribution in [1.29, 1.82) is 0 Å². The van der Waals surface area contributed by atoms with Gasteiger partial charge in [0, 0.05) is 24.9 Å². The molecule has 0 spiro atoms. The summed E-state index contributed by atoms with van der Waals surface area (Å²) in [5.74, 6) is 0.658. The lowest BCUT2D eigenvalue weighted by molar-refractivity contribution is -0.132. The number of carbonyl (C=O) groups is 1. The highest BCUT2D eigenvalue weighted by molar-refractivity contribution is 5.77. The number of aromatic nitrogens is 3. The molecule has 5 nitrogen and oxygen atoms in total. The molecular weight excluding hydrogens is 276 g/mol. The molecule has 0 unspecified atom stereocenters. The zero-order chi connectivity index (χ0) is 15.5. The van der Waals surface area contributed by atoms with Crippen LogP contribution in [0, 0.1) is 6.92 Å². The Morgan fingerprint density at radius 1 is 1.36 bits per heavy atom. The molecule has 2 atom stereocenters. The minimum absolute atomic E-state index is 0.207. The van der Waals surface area contributed by atoms with Crippen molar-refractivity contribution in [1.82, 2.24) is 19.7 Å². The average molecular weight is 298 g/mol. The van der Waals surface area contributed by atoms with Crippen molar-refractivity contribution >= 4 is 5.91 Å². The van der Waals surface area contributed by atoms with Gasteiger partial charge >= 0.3 is 0 Å². The second-order valence-corrected chi connectivity index (χ2v) is 6.09. The van der Waals surface area contributed by atoms with Crippen molar-refractivity contribution in [2.24, 2.45) is 0 Å². The molecule has 5 heteroatoms. The van der Waals surface area contributed by atoms with Crippen molar-refractivity contribution in [2.45, 2.75) is 45.2 Å². The maximum atomic E-state index is 12.5. The van der Waals surface area contributed by atoms with E-state index in [0.717, 1.165) is 13.0 Å². The summed E-state index contributed by atoms with van der Waals surface area (Å²) in [6.07, 6.45) is 4.67. The van der Waals surface area contributed by atoms with Crippen LogP contribution in [0.4, 0.5) is 0 Å². The lowest BCUT2D eigenvalue weighted by Crippen LogP contribution is -2.34. The quantitative estimate of drug-likeness (QED) is 0.871. The van der Waals surface area contributed by atoms with Crippen LogP contribution in [-0.2, 0) is 11.3 Å². The van der Waals surface area contributed by atoms with E-state index in [0.29, 0.717) is 24.9 Å². The molecule has 1 aromatic carbocycles. The van der Waals surface area contributed by atoms with E-state index in [2.05, 4.69) is 48.2 Å². The molecule has 1 fully saturated rings. The van der Waals surface area contributed by atoms with Crippen LogP contribution < -0.4 is 0 Å². The molecule has 0 aliphatic carbocycles. The topological polar surface area (TPSA) is 51.0 Å². The smallest absolute Gasteiger partial charge is 0.224 e. The molecule has 1 amide bonds. The van der Waals surface area contributed by atoms with Crippen molar-refractivity contribution in [3.05, 3.63) is 48.0 Å². The molecule has 1 saturated heterocycles. The third-order valence-corrected chi connectivity index (χ3v) is 4.54. The Labute approximate surface area is 131 Å². The van der Waals surface area contributed by atoms with Gasteiger partial charge in [-0.1, -0.05) is 24.3 Å². The Morgan fingerprint density at radius 3 is 2.91 bits per heavy atom. The number of nitrogens with zero attached hydrogens (tertiary/aromatic N) is 4. The molecule has 0 radical (unpaired) electrons. The summed E-state index contributed by atoms with van der Waals surface area (Å²) in [4.78, 5) is 18.4. The van der Waals surface area contributed by atoms with Gasteiger partial charge in [-0.15, -0.1) is 0 Å². The first-order valence-electron chi connectivity index (χ1n) is 7.82.